The highest BCUT2D eigenvalue weighted by atomic mass is 32.2. The number of esters is 1. The summed E-state index contributed by atoms with van der Waals surface area (Å²) in [4.78, 5) is 23.8. The Hall–Kier alpha value is -2.20. The number of ether oxygens (including phenoxy) is 2. The molecule has 0 saturated carbocycles. The van der Waals surface area contributed by atoms with Crippen LogP contribution in [0.3, 0.4) is 0 Å². The second-order valence-electron chi connectivity index (χ2n) is 7.32. The molecule has 29 heavy (non-hydrogen) atoms. The third-order valence-electron chi connectivity index (χ3n) is 4.59. The molecule has 1 aromatic rings. The van der Waals surface area contributed by atoms with E-state index in [9.17, 15) is 22.4 Å². The van der Waals surface area contributed by atoms with Gasteiger partial charge in [-0.25, -0.2) is 22.4 Å². The van der Waals surface area contributed by atoms with Crippen molar-refractivity contribution in [1.29, 1.82) is 0 Å². The largest absolute Gasteiger partial charge is 0.467 e. The molecule has 0 aromatic heterocycles. The molecule has 1 N–H and O–H groups in total. The van der Waals surface area contributed by atoms with Crippen molar-refractivity contribution in [3.63, 3.8) is 0 Å². The zero-order valence-corrected chi connectivity index (χ0v) is 17.6. The number of carbonyl (C=O) groups excluding carboxylic acids is 2. The normalized spacial score (nSPS) is 17.0. The smallest absolute Gasteiger partial charge is 0.408 e. The number of nitrogens with one attached hydrogen (secondary N) is 1. The molecule has 10 heteroatoms. The van der Waals surface area contributed by atoms with Gasteiger partial charge in [-0.2, -0.15) is 4.31 Å². The molecule has 1 fully saturated rings. The molecule has 2 rings (SSSR count). The highest BCUT2D eigenvalue weighted by Gasteiger charge is 2.32. The second kappa shape index (κ2) is 10.0. The summed E-state index contributed by atoms with van der Waals surface area (Å²) in [6, 6.07) is 4.04. The molecule has 1 heterocycles. The van der Waals surface area contributed by atoms with Crippen molar-refractivity contribution in [2.75, 3.05) is 20.2 Å². The Morgan fingerprint density at radius 3 is 2.48 bits per heavy atom. The lowest BCUT2D eigenvalue weighted by molar-refractivity contribution is -0.143. The fraction of sp³-hybridized carbons (Fsp3) is 0.579. The first-order valence-corrected chi connectivity index (χ1v) is 10.9. The Morgan fingerprint density at radius 2 is 1.93 bits per heavy atom. The molecule has 0 bridgehead atoms. The molecule has 8 nitrogen and oxygen atoms in total. The van der Waals surface area contributed by atoms with Crippen molar-refractivity contribution in [3.8, 4) is 0 Å². The van der Waals surface area contributed by atoms with Crippen molar-refractivity contribution in [2.24, 2.45) is 5.92 Å². The summed E-state index contributed by atoms with van der Waals surface area (Å²) in [5.41, 5.74) is 0. The van der Waals surface area contributed by atoms with Crippen LogP contribution in [-0.2, 0) is 24.3 Å². The number of amides is 1. The highest BCUT2D eigenvalue weighted by molar-refractivity contribution is 7.89. The molecule has 1 amide bonds. The maximum atomic E-state index is 13.4. The van der Waals surface area contributed by atoms with Crippen LogP contribution in [0.4, 0.5) is 9.18 Å². The first kappa shape index (κ1) is 23.1. The predicted molar refractivity (Wildman–Crippen MR) is 103 cm³/mol. The van der Waals surface area contributed by atoms with Gasteiger partial charge in [0.25, 0.3) is 0 Å². The van der Waals surface area contributed by atoms with Crippen LogP contribution in [-0.4, -0.2) is 57.1 Å². The summed E-state index contributed by atoms with van der Waals surface area (Å²) in [6.07, 6.45) is -0.213. The summed E-state index contributed by atoms with van der Waals surface area (Å²) in [6.45, 7) is 4.11. The average Bonchev–Trinajstić information content (AvgIpc) is 2.67. The molecule has 1 atom stereocenters. The van der Waals surface area contributed by atoms with Crippen molar-refractivity contribution in [2.45, 2.75) is 50.2 Å². The number of rotatable bonds is 7. The predicted octanol–water partition coefficient (Wildman–Crippen LogP) is 2.29. The van der Waals surface area contributed by atoms with Crippen LogP contribution in [0.1, 0.15) is 33.1 Å². The lowest BCUT2D eigenvalue weighted by Crippen LogP contribution is -2.46. The Bertz CT molecular complexity index is 822. The summed E-state index contributed by atoms with van der Waals surface area (Å²) in [5.74, 6) is -1.01. The molecule has 1 aliphatic heterocycles. The van der Waals surface area contributed by atoms with Gasteiger partial charge in [-0.05, 0) is 43.4 Å². The van der Waals surface area contributed by atoms with Crippen molar-refractivity contribution >= 4 is 22.1 Å². The number of halogens is 1. The monoisotopic (exact) mass is 430 g/mol. The molecular formula is C19H27FN2O6S. The second-order valence-corrected chi connectivity index (χ2v) is 9.25. The SMILES string of the molecule is COC(=O)[C@H](CC(C)C)NC(=O)OC1CCN(S(=O)(=O)c2cccc(F)c2)CC1. The van der Waals surface area contributed by atoms with E-state index in [0.717, 1.165) is 6.07 Å². The van der Waals surface area contributed by atoms with Crippen LogP contribution in [0.2, 0.25) is 0 Å². The molecule has 1 aliphatic rings. The Kier molecular flexibility index (Phi) is 7.97. The van der Waals surface area contributed by atoms with Gasteiger partial charge in [0.2, 0.25) is 10.0 Å². The number of piperidine rings is 1. The third kappa shape index (κ3) is 6.40. The first-order valence-electron chi connectivity index (χ1n) is 9.44. The molecule has 1 saturated heterocycles. The van der Waals surface area contributed by atoms with Gasteiger partial charge >= 0.3 is 12.1 Å². The minimum absolute atomic E-state index is 0.107. The first-order chi connectivity index (χ1) is 13.6. The number of carbonyl (C=O) groups is 2. The van der Waals surface area contributed by atoms with E-state index in [1.807, 2.05) is 13.8 Å². The van der Waals surface area contributed by atoms with Gasteiger partial charge in [0.05, 0.1) is 12.0 Å². The topological polar surface area (TPSA) is 102 Å². The van der Waals surface area contributed by atoms with Crippen molar-refractivity contribution in [3.05, 3.63) is 30.1 Å². The molecule has 0 unspecified atom stereocenters. The zero-order valence-electron chi connectivity index (χ0n) is 16.8. The van der Waals surface area contributed by atoms with Gasteiger partial charge in [0, 0.05) is 13.1 Å². The third-order valence-corrected chi connectivity index (χ3v) is 6.49. The minimum Gasteiger partial charge on any atom is -0.467 e. The van der Waals surface area contributed by atoms with E-state index in [0.29, 0.717) is 19.3 Å². The lowest BCUT2D eigenvalue weighted by Gasteiger charge is -2.31. The van der Waals surface area contributed by atoms with Gasteiger partial charge in [0.1, 0.15) is 18.0 Å². The van der Waals surface area contributed by atoms with Crippen molar-refractivity contribution < 1.29 is 31.9 Å². The van der Waals surface area contributed by atoms with E-state index in [1.54, 1.807) is 0 Å². The molecule has 0 radical (unpaired) electrons. The maximum absolute atomic E-state index is 13.4. The fourth-order valence-corrected chi connectivity index (χ4v) is 4.62. The van der Waals surface area contributed by atoms with Crippen LogP contribution >= 0.6 is 0 Å². The number of hydrogen-bond donors (Lipinski definition) is 1. The van der Waals surface area contributed by atoms with E-state index in [2.05, 4.69) is 5.32 Å². The van der Waals surface area contributed by atoms with Gasteiger partial charge in [0.15, 0.2) is 0 Å². The standard InChI is InChI=1S/C19H27FN2O6S/c1-13(2)11-17(18(23)27-3)21-19(24)28-15-7-9-22(10-8-15)29(25,26)16-6-4-5-14(20)12-16/h4-6,12-13,15,17H,7-11H2,1-3H3,(H,21,24)/t17-/m0/s1. The number of nitrogens with zero attached hydrogens (tertiary/aromatic N) is 1. The number of sulfonamides is 1. The van der Waals surface area contributed by atoms with Crippen LogP contribution in [0, 0.1) is 11.7 Å². The molecular weight excluding hydrogens is 403 g/mol. The maximum Gasteiger partial charge on any atom is 0.408 e. The fourth-order valence-electron chi connectivity index (χ4n) is 3.12. The molecule has 162 valence electrons. The van der Waals surface area contributed by atoms with E-state index >= 15 is 0 Å². The quantitative estimate of drug-likeness (QED) is 0.666. The number of alkyl carbamates (subject to hydrolysis) is 1. The summed E-state index contributed by atoms with van der Waals surface area (Å²) >= 11 is 0. The Morgan fingerprint density at radius 1 is 1.28 bits per heavy atom. The molecule has 0 spiro atoms. The summed E-state index contributed by atoms with van der Waals surface area (Å²) in [5, 5.41) is 2.51. The average molecular weight is 430 g/mol. The lowest BCUT2D eigenvalue weighted by atomic mass is 10.0. The van der Waals surface area contributed by atoms with E-state index in [4.69, 9.17) is 9.47 Å². The summed E-state index contributed by atoms with van der Waals surface area (Å²) in [7, 11) is -2.56. The Balaban J connectivity index is 1.90. The van der Waals surface area contributed by atoms with Crippen LogP contribution in [0.15, 0.2) is 29.2 Å². The van der Waals surface area contributed by atoms with Crippen LogP contribution in [0.25, 0.3) is 0 Å². The summed E-state index contributed by atoms with van der Waals surface area (Å²) < 4.78 is 49.9. The van der Waals surface area contributed by atoms with Crippen LogP contribution in [0.5, 0.6) is 0 Å². The minimum atomic E-state index is -3.81. The number of benzene rings is 1. The number of methoxy groups -OCH3 is 1. The van der Waals surface area contributed by atoms with Gasteiger partial charge in [-0.1, -0.05) is 19.9 Å². The van der Waals surface area contributed by atoms with E-state index in [-0.39, 0.29) is 23.9 Å². The Labute approximate surface area is 170 Å². The number of hydrogen-bond acceptors (Lipinski definition) is 6. The van der Waals surface area contributed by atoms with Gasteiger partial charge < -0.3 is 14.8 Å². The highest BCUT2D eigenvalue weighted by Crippen LogP contribution is 2.22. The van der Waals surface area contributed by atoms with Gasteiger partial charge in [-0.3, -0.25) is 0 Å². The van der Waals surface area contributed by atoms with Crippen LogP contribution < -0.4 is 5.32 Å². The van der Waals surface area contributed by atoms with E-state index < -0.39 is 40.0 Å². The zero-order chi connectivity index (χ0) is 21.6. The van der Waals surface area contributed by atoms with Crippen molar-refractivity contribution in [1.82, 2.24) is 9.62 Å². The molecule has 1 aromatic carbocycles. The van der Waals surface area contributed by atoms with E-state index in [1.165, 1.54) is 29.6 Å². The molecule has 0 aliphatic carbocycles. The van der Waals surface area contributed by atoms with Gasteiger partial charge in [-0.15, -0.1) is 0 Å².